The van der Waals surface area contributed by atoms with E-state index < -0.39 is 0 Å². The molecule has 0 N–H and O–H groups in total. The normalized spacial score (nSPS) is 10.2. The number of methoxy groups -OCH3 is 1. The largest absolute Gasteiger partial charge is 0.497 e. The van der Waals surface area contributed by atoms with Crippen LogP contribution < -0.4 is 4.74 Å². The van der Waals surface area contributed by atoms with Crippen molar-refractivity contribution in [3.8, 4) is 17.0 Å². The highest BCUT2D eigenvalue weighted by Crippen LogP contribution is 2.25. The van der Waals surface area contributed by atoms with Crippen LogP contribution in [0.3, 0.4) is 0 Å². The van der Waals surface area contributed by atoms with E-state index in [9.17, 15) is 4.79 Å². The summed E-state index contributed by atoms with van der Waals surface area (Å²) in [4.78, 5) is 15.8. The molecule has 0 unspecified atom stereocenters. The maximum absolute atomic E-state index is 11.4. The second-order valence-electron chi connectivity index (χ2n) is 3.84. The minimum Gasteiger partial charge on any atom is -0.497 e. The minimum absolute atomic E-state index is 0.225. The summed E-state index contributed by atoms with van der Waals surface area (Å²) in [5, 5.41) is 2.69. The summed E-state index contributed by atoms with van der Waals surface area (Å²) in [6, 6.07) is 7.68. The lowest BCUT2D eigenvalue weighted by Crippen LogP contribution is -2.07. The summed E-state index contributed by atoms with van der Waals surface area (Å²) in [5.41, 5.74) is 1.83. The van der Waals surface area contributed by atoms with Gasteiger partial charge in [0.1, 0.15) is 10.8 Å². The van der Waals surface area contributed by atoms with Crippen molar-refractivity contribution in [2.24, 2.45) is 0 Å². The molecule has 0 bridgehead atoms. The first-order chi connectivity index (χ1) is 9.22. The fourth-order valence-electron chi connectivity index (χ4n) is 1.64. The fraction of sp³-hybridized carbons (Fsp3) is 0.286. The molecule has 4 nitrogen and oxygen atoms in total. The Labute approximate surface area is 116 Å². The van der Waals surface area contributed by atoms with E-state index in [0.717, 1.165) is 22.0 Å². The van der Waals surface area contributed by atoms with Crippen LogP contribution in [-0.4, -0.2) is 24.7 Å². The Morgan fingerprint density at radius 1 is 1.42 bits per heavy atom. The monoisotopic (exact) mass is 277 g/mol. The van der Waals surface area contributed by atoms with Crippen molar-refractivity contribution in [1.82, 2.24) is 4.98 Å². The van der Waals surface area contributed by atoms with Gasteiger partial charge in [-0.1, -0.05) is 12.1 Å². The number of thiazole rings is 1. The third-order valence-corrected chi connectivity index (χ3v) is 3.37. The molecule has 0 aliphatic rings. The van der Waals surface area contributed by atoms with E-state index in [0.29, 0.717) is 6.61 Å². The Kier molecular flexibility index (Phi) is 4.52. The summed E-state index contributed by atoms with van der Waals surface area (Å²) in [6.07, 6.45) is 0.225. The number of carbonyl (C=O) groups is 1. The van der Waals surface area contributed by atoms with Crippen LogP contribution >= 0.6 is 11.3 Å². The van der Waals surface area contributed by atoms with Crippen molar-refractivity contribution in [1.29, 1.82) is 0 Å². The molecule has 100 valence electrons. The van der Waals surface area contributed by atoms with Gasteiger partial charge in [-0.3, -0.25) is 4.79 Å². The molecule has 1 aromatic heterocycles. The predicted octanol–water partition coefficient (Wildman–Crippen LogP) is 2.92. The Morgan fingerprint density at radius 2 is 2.26 bits per heavy atom. The molecule has 0 fully saturated rings. The highest BCUT2D eigenvalue weighted by Gasteiger charge is 2.10. The summed E-state index contributed by atoms with van der Waals surface area (Å²) in [7, 11) is 1.63. The first kappa shape index (κ1) is 13.5. The standard InChI is InChI=1S/C14H15NO3S/c1-3-18-14(16)8-13-15-12(9-19-13)10-5-4-6-11(7-10)17-2/h4-7,9H,3,8H2,1-2H3. The lowest BCUT2D eigenvalue weighted by molar-refractivity contribution is -0.142. The molecule has 19 heavy (non-hydrogen) atoms. The van der Waals surface area contributed by atoms with E-state index in [2.05, 4.69) is 4.98 Å². The number of rotatable bonds is 5. The van der Waals surface area contributed by atoms with Gasteiger partial charge in [-0.2, -0.15) is 0 Å². The third kappa shape index (κ3) is 3.54. The minimum atomic E-state index is -0.242. The summed E-state index contributed by atoms with van der Waals surface area (Å²) >= 11 is 1.46. The van der Waals surface area contributed by atoms with Gasteiger partial charge in [-0.25, -0.2) is 4.98 Å². The molecular formula is C14H15NO3S. The van der Waals surface area contributed by atoms with Gasteiger partial charge < -0.3 is 9.47 Å². The second-order valence-corrected chi connectivity index (χ2v) is 4.78. The zero-order chi connectivity index (χ0) is 13.7. The highest BCUT2D eigenvalue weighted by atomic mass is 32.1. The number of aromatic nitrogens is 1. The van der Waals surface area contributed by atoms with Gasteiger partial charge in [0.25, 0.3) is 0 Å². The van der Waals surface area contributed by atoms with Gasteiger partial charge in [-0.05, 0) is 19.1 Å². The van der Waals surface area contributed by atoms with Crippen molar-refractivity contribution >= 4 is 17.3 Å². The van der Waals surface area contributed by atoms with Gasteiger partial charge in [-0.15, -0.1) is 11.3 Å². The predicted molar refractivity (Wildman–Crippen MR) is 74.4 cm³/mol. The van der Waals surface area contributed by atoms with Gasteiger partial charge in [0.15, 0.2) is 0 Å². The number of hydrogen-bond acceptors (Lipinski definition) is 5. The van der Waals surface area contributed by atoms with E-state index in [1.54, 1.807) is 14.0 Å². The van der Waals surface area contributed by atoms with E-state index in [4.69, 9.17) is 9.47 Å². The van der Waals surface area contributed by atoms with Crippen molar-refractivity contribution in [2.45, 2.75) is 13.3 Å². The molecule has 0 radical (unpaired) electrons. The lowest BCUT2D eigenvalue weighted by atomic mass is 10.2. The Hall–Kier alpha value is -1.88. The van der Waals surface area contributed by atoms with Crippen LogP contribution in [-0.2, 0) is 16.0 Å². The molecule has 0 spiro atoms. The zero-order valence-corrected chi connectivity index (χ0v) is 11.7. The fourth-order valence-corrected chi connectivity index (χ4v) is 2.43. The van der Waals surface area contributed by atoms with Crippen molar-refractivity contribution < 1.29 is 14.3 Å². The van der Waals surface area contributed by atoms with E-state index in [1.165, 1.54) is 11.3 Å². The summed E-state index contributed by atoms with van der Waals surface area (Å²) in [5.74, 6) is 0.548. The number of ether oxygens (including phenoxy) is 2. The molecule has 0 aliphatic carbocycles. The highest BCUT2D eigenvalue weighted by molar-refractivity contribution is 7.10. The van der Waals surface area contributed by atoms with Gasteiger partial charge >= 0.3 is 5.97 Å². The van der Waals surface area contributed by atoms with Crippen LogP contribution in [0.15, 0.2) is 29.6 Å². The van der Waals surface area contributed by atoms with Gasteiger partial charge in [0.05, 0.1) is 25.8 Å². The molecule has 0 saturated carbocycles. The van der Waals surface area contributed by atoms with E-state index >= 15 is 0 Å². The second kappa shape index (κ2) is 6.33. The lowest BCUT2D eigenvalue weighted by Gasteiger charge is -2.01. The quantitative estimate of drug-likeness (QED) is 0.788. The number of esters is 1. The van der Waals surface area contributed by atoms with Crippen LogP contribution in [0.4, 0.5) is 0 Å². The average Bonchev–Trinajstić information content (AvgIpc) is 2.87. The molecule has 1 heterocycles. The van der Waals surface area contributed by atoms with Crippen molar-refractivity contribution in [3.05, 3.63) is 34.7 Å². The van der Waals surface area contributed by atoms with Crippen molar-refractivity contribution in [2.75, 3.05) is 13.7 Å². The number of carbonyl (C=O) groups excluding carboxylic acids is 1. The SMILES string of the molecule is CCOC(=O)Cc1nc(-c2cccc(OC)c2)cs1. The molecule has 5 heteroatoms. The smallest absolute Gasteiger partial charge is 0.312 e. The summed E-state index contributed by atoms with van der Waals surface area (Å²) < 4.78 is 10.1. The first-order valence-electron chi connectivity index (χ1n) is 5.97. The Bertz CT molecular complexity index is 565. The molecule has 2 aromatic rings. The van der Waals surface area contributed by atoms with Gasteiger partial charge in [0.2, 0.25) is 0 Å². The average molecular weight is 277 g/mol. The van der Waals surface area contributed by atoms with Crippen molar-refractivity contribution in [3.63, 3.8) is 0 Å². The molecule has 0 amide bonds. The van der Waals surface area contributed by atoms with E-state index in [-0.39, 0.29) is 12.4 Å². The van der Waals surface area contributed by atoms with E-state index in [1.807, 2.05) is 29.6 Å². The van der Waals surface area contributed by atoms with Crippen LogP contribution in [0, 0.1) is 0 Å². The number of hydrogen-bond donors (Lipinski definition) is 0. The van der Waals surface area contributed by atoms with Crippen LogP contribution in [0.25, 0.3) is 11.3 Å². The Balaban J connectivity index is 2.13. The number of nitrogens with zero attached hydrogens (tertiary/aromatic N) is 1. The molecule has 1 aromatic carbocycles. The summed E-state index contributed by atoms with van der Waals surface area (Å²) in [6.45, 7) is 2.19. The first-order valence-corrected chi connectivity index (χ1v) is 6.85. The van der Waals surface area contributed by atoms with Crippen LogP contribution in [0.1, 0.15) is 11.9 Å². The van der Waals surface area contributed by atoms with Gasteiger partial charge in [0, 0.05) is 10.9 Å². The maximum atomic E-state index is 11.4. The third-order valence-electron chi connectivity index (χ3n) is 2.52. The van der Waals surface area contributed by atoms with Crippen LogP contribution in [0.2, 0.25) is 0 Å². The van der Waals surface area contributed by atoms with Crippen LogP contribution in [0.5, 0.6) is 5.75 Å². The molecule has 0 saturated heterocycles. The molecular weight excluding hydrogens is 262 g/mol. The molecule has 0 atom stereocenters. The topological polar surface area (TPSA) is 48.4 Å². The number of benzene rings is 1. The molecule has 2 rings (SSSR count). The zero-order valence-electron chi connectivity index (χ0n) is 10.9. The molecule has 0 aliphatic heterocycles. The maximum Gasteiger partial charge on any atom is 0.312 e. The Morgan fingerprint density at radius 3 is 3.00 bits per heavy atom.